The van der Waals surface area contributed by atoms with E-state index in [9.17, 15) is 8.42 Å². The molecule has 1 aliphatic rings. The van der Waals surface area contributed by atoms with Crippen molar-refractivity contribution in [3.8, 4) is 0 Å². The van der Waals surface area contributed by atoms with Gasteiger partial charge in [0.1, 0.15) is 0 Å². The highest BCUT2D eigenvalue weighted by molar-refractivity contribution is 7.91. The highest BCUT2D eigenvalue weighted by Gasteiger charge is 2.31. The molecule has 0 unspecified atom stereocenters. The molecule has 14 heavy (non-hydrogen) atoms. The van der Waals surface area contributed by atoms with E-state index >= 15 is 0 Å². The predicted molar refractivity (Wildman–Crippen MR) is 56.0 cm³/mol. The maximum atomic E-state index is 11.2. The van der Waals surface area contributed by atoms with Crippen LogP contribution in [0.2, 0.25) is 0 Å². The first-order valence-corrected chi connectivity index (χ1v) is 6.76. The Morgan fingerprint density at radius 2 is 1.79 bits per heavy atom. The van der Waals surface area contributed by atoms with Crippen molar-refractivity contribution in [1.82, 2.24) is 4.90 Å². The molecular formula is C9H19NO3S. The van der Waals surface area contributed by atoms with Crippen molar-refractivity contribution in [2.75, 3.05) is 31.2 Å². The van der Waals surface area contributed by atoms with E-state index in [0.29, 0.717) is 19.5 Å². The van der Waals surface area contributed by atoms with Crippen molar-refractivity contribution >= 4 is 9.84 Å². The third kappa shape index (κ3) is 2.93. The van der Waals surface area contributed by atoms with E-state index in [4.69, 9.17) is 5.11 Å². The minimum absolute atomic E-state index is 0.0926. The lowest BCUT2D eigenvalue weighted by Gasteiger charge is -2.40. The Hall–Kier alpha value is -0.130. The maximum Gasteiger partial charge on any atom is 0.152 e. The summed E-state index contributed by atoms with van der Waals surface area (Å²) in [5.41, 5.74) is -0.0926. The molecule has 0 bridgehead atoms. The van der Waals surface area contributed by atoms with Gasteiger partial charge in [0.05, 0.1) is 11.5 Å². The summed E-state index contributed by atoms with van der Waals surface area (Å²) in [6.45, 7) is 5.42. The second-order valence-corrected chi connectivity index (χ2v) is 6.73. The zero-order valence-electron chi connectivity index (χ0n) is 8.86. The quantitative estimate of drug-likeness (QED) is 0.722. The smallest absolute Gasteiger partial charge is 0.152 e. The first kappa shape index (κ1) is 11.9. The first-order chi connectivity index (χ1) is 6.37. The van der Waals surface area contributed by atoms with E-state index in [0.717, 1.165) is 0 Å². The summed E-state index contributed by atoms with van der Waals surface area (Å²) in [7, 11) is -2.80. The molecule has 0 amide bonds. The van der Waals surface area contributed by atoms with Crippen molar-refractivity contribution in [3.05, 3.63) is 0 Å². The van der Waals surface area contributed by atoms with Gasteiger partial charge < -0.3 is 5.11 Å². The molecule has 0 aromatic carbocycles. The van der Waals surface area contributed by atoms with Crippen LogP contribution in [0.4, 0.5) is 0 Å². The number of rotatable bonds is 3. The molecule has 4 nitrogen and oxygen atoms in total. The molecule has 84 valence electrons. The van der Waals surface area contributed by atoms with E-state index in [-0.39, 0.29) is 23.7 Å². The Balaban J connectivity index is 2.57. The Morgan fingerprint density at radius 1 is 1.29 bits per heavy atom. The highest BCUT2D eigenvalue weighted by atomic mass is 32.2. The molecule has 0 atom stereocenters. The van der Waals surface area contributed by atoms with Crippen molar-refractivity contribution in [2.45, 2.75) is 25.8 Å². The number of sulfone groups is 1. The molecule has 0 saturated carbocycles. The van der Waals surface area contributed by atoms with E-state index in [1.807, 2.05) is 13.8 Å². The van der Waals surface area contributed by atoms with Gasteiger partial charge in [0.25, 0.3) is 0 Å². The summed E-state index contributed by atoms with van der Waals surface area (Å²) in [6, 6.07) is 0. The van der Waals surface area contributed by atoms with Gasteiger partial charge >= 0.3 is 0 Å². The van der Waals surface area contributed by atoms with Gasteiger partial charge in [-0.25, -0.2) is 8.42 Å². The van der Waals surface area contributed by atoms with Gasteiger partial charge in [-0.15, -0.1) is 0 Å². The van der Waals surface area contributed by atoms with Crippen LogP contribution < -0.4 is 0 Å². The standard InChI is InChI=1S/C9H19NO3S/c1-9(2,3-6-11)10-4-7-14(12,13)8-5-10/h11H,3-8H2,1-2H3. The van der Waals surface area contributed by atoms with E-state index in [1.165, 1.54) is 0 Å². The predicted octanol–water partition coefficient (Wildman–Crippen LogP) is -0.122. The van der Waals surface area contributed by atoms with Crippen molar-refractivity contribution < 1.29 is 13.5 Å². The molecule has 0 radical (unpaired) electrons. The maximum absolute atomic E-state index is 11.2. The molecule has 1 aliphatic heterocycles. The first-order valence-electron chi connectivity index (χ1n) is 4.94. The minimum Gasteiger partial charge on any atom is -0.396 e. The molecule has 0 spiro atoms. The minimum atomic E-state index is -2.80. The van der Waals surface area contributed by atoms with E-state index < -0.39 is 9.84 Å². The number of aliphatic hydroxyl groups is 1. The zero-order valence-corrected chi connectivity index (χ0v) is 9.68. The number of aliphatic hydroxyl groups excluding tert-OH is 1. The molecule has 1 fully saturated rings. The van der Waals surface area contributed by atoms with Crippen molar-refractivity contribution in [1.29, 1.82) is 0 Å². The third-order valence-corrected chi connectivity index (χ3v) is 4.53. The van der Waals surface area contributed by atoms with E-state index in [2.05, 4.69) is 4.90 Å². The third-order valence-electron chi connectivity index (χ3n) is 2.92. The number of nitrogens with zero attached hydrogens (tertiary/aromatic N) is 1. The normalized spacial score (nSPS) is 23.6. The van der Waals surface area contributed by atoms with Crippen molar-refractivity contribution in [3.63, 3.8) is 0 Å². The van der Waals surface area contributed by atoms with Crippen LogP contribution in [0.5, 0.6) is 0 Å². The van der Waals surface area contributed by atoms with Crippen LogP contribution in [0.15, 0.2) is 0 Å². The van der Waals surface area contributed by atoms with Crippen LogP contribution in [0, 0.1) is 0 Å². The molecule has 1 N–H and O–H groups in total. The Kier molecular flexibility index (Phi) is 3.55. The molecule has 0 aliphatic carbocycles. The summed E-state index contributed by atoms with van der Waals surface area (Å²) in [5, 5.41) is 8.89. The fraction of sp³-hybridized carbons (Fsp3) is 1.00. The SMILES string of the molecule is CC(C)(CCO)N1CCS(=O)(=O)CC1. The summed E-state index contributed by atoms with van der Waals surface area (Å²) in [4.78, 5) is 2.14. The summed E-state index contributed by atoms with van der Waals surface area (Å²) < 4.78 is 22.4. The Morgan fingerprint density at radius 3 is 2.21 bits per heavy atom. The van der Waals surface area contributed by atoms with Crippen LogP contribution in [0.25, 0.3) is 0 Å². The van der Waals surface area contributed by atoms with Gasteiger partial charge in [0, 0.05) is 25.2 Å². The van der Waals surface area contributed by atoms with Crippen LogP contribution in [-0.4, -0.2) is 55.2 Å². The van der Waals surface area contributed by atoms with Crippen LogP contribution in [0.3, 0.4) is 0 Å². The van der Waals surface area contributed by atoms with Gasteiger partial charge in [-0.05, 0) is 20.3 Å². The average molecular weight is 221 g/mol. The molecule has 1 rings (SSSR count). The molecule has 0 aromatic heterocycles. The van der Waals surface area contributed by atoms with Gasteiger partial charge in [0.2, 0.25) is 0 Å². The lowest BCUT2D eigenvalue weighted by Crippen LogP contribution is -2.51. The second-order valence-electron chi connectivity index (χ2n) is 4.42. The van der Waals surface area contributed by atoms with E-state index in [1.54, 1.807) is 0 Å². The van der Waals surface area contributed by atoms with Gasteiger partial charge in [-0.1, -0.05) is 0 Å². The largest absolute Gasteiger partial charge is 0.396 e. The van der Waals surface area contributed by atoms with Gasteiger partial charge in [0.15, 0.2) is 9.84 Å². The topological polar surface area (TPSA) is 57.6 Å². The van der Waals surface area contributed by atoms with Crippen molar-refractivity contribution in [2.24, 2.45) is 0 Å². The molecule has 1 heterocycles. The monoisotopic (exact) mass is 221 g/mol. The summed E-state index contributed by atoms with van der Waals surface area (Å²) in [5.74, 6) is 0.504. The van der Waals surface area contributed by atoms with Crippen LogP contribution >= 0.6 is 0 Å². The fourth-order valence-electron chi connectivity index (χ4n) is 1.75. The second kappa shape index (κ2) is 4.16. The lowest BCUT2D eigenvalue weighted by molar-refractivity contribution is 0.0986. The molecule has 1 saturated heterocycles. The molecule has 5 heteroatoms. The van der Waals surface area contributed by atoms with Crippen LogP contribution in [-0.2, 0) is 9.84 Å². The molecule has 0 aromatic rings. The fourth-order valence-corrected chi connectivity index (χ4v) is 2.95. The number of hydrogen-bond acceptors (Lipinski definition) is 4. The molecular weight excluding hydrogens is 202 g/mol. The summed E-state index contributed by atoms with van der Waals surface area (Å²) >= 11 is 0. The lowest BCUT2D eigenvalue weighted by atomic mass is 9.98. The van der Waals surface area contributed by atoms with Gasteiger partial charge in [-0.3, -0.25) is 4.90 Å². The average Bonchev–Trinajstić information content (AvgIpc) is 2.03. The van der Waals surface area contributed by atoms with Gasteiger partial charge in [-0.2, -0.15) is 0 Å². The van der Waals surface area contributed by atoms with Crippen LogP contribution in [0.1, 0.15) is 20.3 Å². The summed E-state index contributed by atoms with van der Waals surface area (Å²) in [6.07, 6.45) is 0.688. The Bertz CT molecular complexity index is 270. The Labute approximate surface area is 85.8 Å². The number of hydrogen-bond donors (Lipinski definition) is 1. The zero-order chi connectivity index (χ0) is 10.8. The highest BCUT2D eigenvalue weighted by Crippen LogP contribution is 2.20.